The summed E-state index contributed by atoms with van der Waals surface area (Å²) in [6, 6.07) is 17.5. The van der Waals surface area contributed by atoms with Gasteiger partial charge in [0.25, 0.3) is 0 Å². The van der Waals surface area contributed by atoms with Crippen LogP contribution in [0.2, 0.25) is 0 Å². The van der Waals surface area contributed by atoms with Crippen molar-refractivity contribution in [1.82, 2.24) is 0 Å². The predicted octanol–water partition coefficient (Wildman–Crippen LogP) is 5.60. The topological polar surface area (TPSA) is 41.6 Å². The Kier molecular flexibility index (Phi) is 7.68. The summed E-state index contributed by atoms with van der Waals surface area (Å²) in [4.78, 5) is 12.9. The molecule has 0 spiro atoms. The zero-order chi connectivity index (χ0) is 19.6. The Bertz CT molecular complexity index is 795. The normalized spacial score (nSPS) is 12.0. The lowest BCUT2D eigenvalue weighted by molar-refractivity contribution is -0.105. The summed E-state index contributed by atoms with van der Waals surface area (Å²) in [5.41, 5.74) is 2.85. The number of allylic oxidation sites excluding steroid dienone is 3. The summed E-state index contributed by atoms with van der Waals surface area (Å²) >= 11 is 0. The van der Waals surface area contributed by atoms with Crippen LogP contribution in [0.25, 0.3) is 0 Å². The number of hydrogen-bond donors (Lipinski definition) is 1. The molecule has 2 rings (SSSR count). The van der Waals surface area contributed by atoms with Crippen LogP contribution in [0.3, 0.4) is 0 Å². The van der Waals surface area contributed by atoms with Crippen LogP contribution in [0.15, 0.2) is 78.2 Å². The van der Waals surface area contributed by atoms with E-state index in [-0.39, 0.29) is 0 Å². The van der Waals surface area contributed by atoms with E-state index in [9.17, 15) is 4.79 Å². The van der Waals surface area contributed by atoms with E-state index in [0.29, 0.717) is 29.6 Å². The Morgan fingerprint density at radius 3 is 2.41 bits per heavy atom. The SMILES string of the molecule is CC/C=C(/C=C(/Oc1ccccc1NC=O)N(C)c1ccccc1)C(C)C. The third-order valence-electron chi connectivity index (χ3n) is 4.19. The van der Waals surface area contributed by atoms with Crippen molar-refractivity contribution in [3.63, 3.8) is 0 Å². The van der Waals surface area contributed by atoms with E-state index in [4.69, 9.17) is 4.74 Å². The average Bonchev–Trinajstić information content (AvgIpc) is 2.68. The van der Waals surface area contributed by atoms with E-state index < -0.39 is 0 Å². The molecule has 4 nitrogen and oxygen atoms in total. The molecule has 0 aliphatic rings. The van der Waals surface area contributed by atoms with Crippen molar-refractivity contribution in [2.75, 3.05) is 17.3 Å². The molecule has 0 atom stereocenters. The Morgan fingerprint density at radius 1 is 1.11 bits per heavy atom. The zero-order valence-electron chi connectivity index (χ0n) is 16.5. The molecule has 0 saturated carbocycles. The minimum absolute atomic E-state index is 0.371. The maximum absolute atomic E-state index is 10.9. The fourth-order valence-electron chi connectivity index (χ4n) is 2.66. The Balaban J connectivity index is 2.47. The molecule has 0 unspecified atom stereocenters. The highest BCUT2D eigenvalue weighted by Gasteiger charge is 2.14. The summed E-state index contributed by atoms with van der Waals surface area (Å²) in [5.74, 6) is 1.66. The first-order valence-corrected chi connectivity index (χ1v) is 9.24. The number of nitrogens with zero attached hydrogens (tertiary/aromatic N) is 1. The van der Waals surface area contributed by atoms with Crippen molar-refractivity contribution >= 4 is 17.8 Å². The van der Waals surface area contributed by atoms with E-state index in [1.807, 2.05) is 66.5 Å². The Morgan fingerprint density at radius 2 is 1.78 bits per heavy atom. The number of rotatable bonds is 9. The molecule has 0 radical (unpaired) electrons. The van der Waals surface area contributed by atoms with Gasteiger partial charge >= 0.3 is 0 Å². The van der Waals surface area contributed by atoms with Gasteiger partial charge in [0.1, 0.15) is 0 Å². The van der Waals surface area contributed by atoms with E-state index in [1.54, 1.807) is 0 Å². The van der Waals surface area contributed by atoms with Crippen molar-refractivity contribution < 1.29 is 9.53 Å². The van der Waals surface area contributed by atoms with E-state index >= 15 is 0 Å². The van der Waals surface area contributed by atoms with E-state index in [2.05, 4.69) is 38.2 Å². The molecule has 0 bridgehead atoms. The maximum Gasteiger partial charge on any atom is 0.211 e. The minimum atomic E-state index is 0.371. The van der Waals surface area contributed by atoms with Crippen LogP contribution in [-0.2, 0) is 4.79 Å². The van der Waals surface area contributed by atoms with Gasteiger partial charge in [0, 0.05) is 18.8 Å². The Hall–Kier alpha value is -3.01. The number of benzene rings is 2. The van der Waals surface area contributed by atoms with Crippen molar-refractivity contribution in [3.05, 3.63) is 78.2 Å². The van der Waals surface area contributed by atoms with Crippen LogP contribution < -0.4 is 15.0 Å². The van der Waals surface area contributed by atoms with Crippen molar-refractivity contribution in [2.24, 2.45) is 5.92 Å². The van der Waals surface area contributed by atoms with Gasteiger partial charge in [-0.25, -0.2) is 0 Å². The Labute approximate surface area is 162 Å². The van der Waals surface area contributed by atoms with E-state index in [0.717, 1.165) is 12.1 Å². The van der Waals surface area contributed by atoms with Crippen LogP contribution in [0.5, 0.6) is 5.75 Å². The molecule has 0 saturated heterocycles. The van der Waals surface area contributed by atoms with Gasteiger partial charge in [0.2, 0.25) is 12.3 Å². The third kappa shape index (κ3) is 5.74. The molecule has 2 aromatic carbocycles. The number of carbonyl (C=O) groups excluding carboxylic acids is 1. The monoisotopic (exact) mass is 364 g/mol. The molecule has 1 N–H and O–H groups in total. The number of hydrogen-bond acceptors (Lipinski definition) is 3. The highest BCUT2D eigenvalue weighted by atomic mass is 16.5. The third-order valence-corrected chi connectivity index (χ3v) is 4.19. The largest absolute Gasteiger partial charge is 0.439 e. The number of carbonyl (C=O) groups is 1. The van der Waals surface area contributed by atoms with Gasteiger partial charge in [-0.05, 0) is 42.2 Å². The van der Waals surface area contributed by atoms with Crippen LogP contribution in [0.4, 0.5) is 11.4 Å². The van der Waals surface area contributed by atoms with E-state index in [1.165, 1.54) is 5.57 Å². The second-order valence-electron chi connectivity index (χ2n) is 6.50. The molecule has 0 aliphatic heterocycles. The van der Waals surface area contributed by atoms with Crippen molar-refractivity contribution in [2.45, 2.75) is 27.2 Å². The standard InChI is InChI=1S/C23H28N2O2/c1-5-11-19(18(2)3)16-23(25(4)20-12-7-6-8-13-20)27-22-15-10-9-14-21(22)24-17-26/h6-18H,5H2,1-4H3,(H,24,26)/b19-11-,23-16+. The molecule has 0 fully saturated rings. The number of anilines is 2. The summed E-state index contributed by atoms with van der Waals surface area (Å²) in [6.07, 6.45) is 5.89. The zero-order valence-corrected chi connectivity index (χ0v) is 16.5. The average molecular weight is 364 g/mol. The summed E-state index contributed by atoms with van der Waals surface area (Å²) < 4.78 is 6.27. The van der Waals surface area contributed by atoms with Gasteiger partial charge in [0.15, 0.2) is 5.75 Å². The van der Waals surface area contributed by atoms with Crippen LogP contribution >= 0.6 is 0 Å². The first-order chi connectivity index (χ1) is 13.1. The number of para-hydroxylation sites is 3. The highest BCUT2D eigenvalue weighted by Crippen LogP contribution is 2.29. The first kappa shape index (κ1) is 20.3. The minimum Gasteiger partial charge on any atom is -0.439 e. The summed E-state index contributed by atoms with van der Waals surface area (Å²) in [5, 5.41) is 2.70. The van der Waals surface area contributed by atoms with Crippen molar-refractivity contribution in [1.29, 1.82) is 0 Å². The molecule has 0 aliphatic carbocycles. The highest BCUT2D eigenvalue weighted by molar-refractivity contribution is 5.75. The number of amides is 1. The number of ether oxygens (including phenoxy) is 1. The summed E-state index contributed by atoms with van der Waals surface area (Å²) in [6.45, 7) is 6.46. The first-order valence-electron chi connectivity index (χ1n) is 9.24. The van der Waals surface area contributed by atoms with Crippen molar-refractivity contribution in [3.8, 4) is 5.75 Å². The van der Waals surface area contributed by atoms with Gasteiger partial charge in [-0.15, -0.1) is 0 Å². The van der Waals surface area contributed by atoms with Gasteiger partial charge in [0.05, 0.1) is 5.69 Å². The fourth-order valence-corrected chi connectivity index (χ4v) is 2.66. The molecule has 0 heterocycles. The molecular formula is C23H28N2O2. The molecule has 1 amide bonds. The molecular weight excluding hydrogens is 336 g/mol. The predicted molar refractivity (Wildman–Crippen MR) is 113 cm³/mol. The van der Waals surface area contributed by atoms with Gasteiger partial charge < -0.3 is 15.0 Å². The molecule has 4 heteroatoms. The van der Waals surface area contributed by atoms with Gasteiger partial charge in [-0.3, -0.25) is 4.79 Å². The molecule has 142 valence electrons. The lowest BCUT2D eigenvalue weighted by Crippen LogP contribution is -2.21. The lowest BCUT2D eigenvalue weighted by atomic mass is 10.0. The lowest BCUT2D eigenvalue weighted by Gasteiger charge is -2.24. The molecule has 0 aromatic heterocycles. The van der Waals surface area contributed by atoms with Crippen LogP contribution in [0, 0.1) is 5.92 Å². The second kappa shape index (κ2) is 10.2. The summed E-state index contributed by atoms with van der Waals surface area (Å²) in [7, 11) is 1.97. The molecule has 2 aromatic rings. The second-order valence-corrected chi connectivity index (χ2v) is 6.50. The van der Waals surface area contributed by atoms with Gasteiger partial charge in [-0.2, -0.15) is 0 Å². The fraction of sp³-hybridized carbons (Fsp3) is 0.261. The van der Waals surface area contributed by atoms with Crippen LogP contribution in [-0.4, -0.2) is 13.5 Å². The maximum atomic E-state index is 10.9. The van der Waals surface area contributed by atoms with Gasteiger partial charge in [-0.1, -0.05) is 57.2 Å². The van der Waals surface area contributed by atoms with Crippen LogP contribution in [0.1, 0.15) is 27.2 Å². The molecule has 27 heavy (non-hydrogen) atoms. The quantitative estimate of drug-likeness (QED) is 0.357. The number of nitrogens with one attached hydrogen (secondary N) is 1. The smallest absolute Gasteiger partial charge is 0.211 e.